The lowest BCUT2D eigenvalue weighted by Crippen LogP contribution is -2.07. The van der Waals surface area contributed by atoms with E-state index in [0.717, 1.165) is 23.5 Å². The maximum absolute atomic E-state index is 13.3. The molecule has 5 heteroatoms. The number of aromatic nitrogens is 2. The highest BCUT2D eigenvalue weighted by Gasteiger charge is 2.39. The number of halogens is 2. The number of anilines is 1. The normalized spacial score (nSPS) is 23.9. The number of benzene rings is 1. The summed E-state index contributed by atoms with van der Waals surface area (Å²) in [7, 11) is 0. The zero-order chi connectivity index (χ0) is 14.4. The van der Waals surface area contributed by atoms with Crippen LogP contribution in [0.1, 0.15) is 42.4 Å². The van der Waals surface area contributed by atoms with Crippen LogP contribution >= 0.6 is 0 Å². The van der Waals surface area contributed by atoms with E-state index in [1.807, 2.05) is 6.07 Å². The van der Waals surface area contributed by atoms with Gasteiger partial charge in [-0.05, 0) is 37.0 Å². The van der Waals surface area contributed by atoms with E-state index in [1.165, 1.54) is 25.0 Å². The molecule has 108 valence electrons. The number of nitrogens with one attached hydrogen (secondary N) is 1. The van der Waals surface area contributed by atoms with Crippen LogP contribution in [0.25, 0.3) is 0 Å². The first kappa shape index (κ1) is 12.7. The standard InChI is InChI=1S/C16H15F2N3/c17-12-4-3-10(5-13(12)18)11-6-15(11)21-16-7-14(9-1-2-9)19-8-20-16/h3-5,7-9,11,15H,1-2,6H2,(H,19,20,21)/t11-,15+/m1/s1. The second-order valence-electron chi connectivity index (χ2n) is 5.87. The Morgan fingerprint density at radius 3 is 2.67 bits per heavy atom. The quantitative estimate of drug-likeness (QED) is 0.933. The first-order valence-electron chi connectivity index (χ1n) is 7.24. The van der Waals surface area contributed by atoms with Gasteiger partial charge < -0.3 is 5.32 Å². The zero-order valence-electron chi connectivity index (χ0n) is 11.4. The average molecular weight is 287 g/mol. The molecule has 1 N–H and O–H groups in total. The van der Waals surface area contributed by atoms with Gasteiger partial charge in [0.05, 0.1) is 0 Å². The molecule has 0 aliphatic heterocycles. The molecule has 2 atom stereocenters. The van der Waals surface area contributed by atoms with Crippen molar-refractivity contribution in [3.8, 4) is 0 Å². The molecule has 0 radical (unpaired) electrons. The number of nitrogens with zero attached hydrogens (tertiary/aromatic N) is 2. The van der Waals surface area contributed by atoms with Gasteiger partial charge in [-0.2, -0.15) is 0 Å². The second kappa shape index (κ2) is 4.76. The Hall–Kier alpha value is -2.04. The largest absolute Gasteiger partial charge is 0.367 e. The van der Waals surface area contributed by atoms with Gasteiger partial charge in [0.25, 0.3) is 0 Å². The molecule has 0 saturated heterocycles. The van der Waals surface area contributed by atoms with Gasteiger partial charge in [0.2, 0.25) is 0 Å². The summed E-state index contributed by atoms with van der Waals surface area (Å²) in [5.41, 5.74) is 1.93. The van der Waals surface area contributed by atoms with Crippen molar-refractivity contribution in [2.24, 2.45) is 0 Å². The molecule has 2 aromatic rings. The third-order valence-electron chi connectivity index (χ3n) is 4.18. The summed E-state index contributed by atoms with van der Waals surface area (Å²) < 4.78 is 26.2. The predicted octanol–water partition coefficient (Wildman–Crippen LogP) is 3.60. The van der Waals surface area contributed by atoms with Gasteiger partial charge in [-0.3, -0.25) is 0 Å². The van der Waals surface area contributed by atoms with Crippen molar-refractivity contribution in [1.82, 2.24) is 9.97 Å². The molecule has 0 spiro atoms. The molecule has 0 unspecified atom stereocenters. The Morgan fingerprint density at radius 2 is 1.90 bits per heavy atom. The zero-order valence-corrected chi connectivity index (χ0v) is 11.4. The fourth-order valence-electron chi connectivity index (χ4n) is 2.71. The third-order valence-corrected chi connectivity index (χ3v) is 4.18. The van der Waals surface area contributed by atoms with Crippen molar-refractivity contribution in [2.75, 3.05) is 5.32 Å². The summed E-state index contributed by atoms with van der Waals surface area (Å²) in [5, 5.41) is 3.35. The first-order valence-corrected chi connectivity index (χ1v) is 7.24. The SMILES string of the molecule is Fc1ccc([C@H]2C[C@@H]2Nc2cc(C3CC3)ncn2)cc1F. The fraction of sp³-hybridized carbons (Fsp3) is 0.375. The minimum Gasteiger partial charge on any atom is -0.367 e. The minimum absolute atomic E-state index is 0.222. The Balaban J connectivity index is 1.45. The fourth-order valence-corrected chi connectivity index (χ4v) is 2.71. The van der Waals surface area contributed by atoms with Crippen LogP contribution in [-0.4, -0.2) is 16.0 Å². The average Bonchev–Trinajstić information content (AvgIpc) is 3.35. The maximum Gasteiger partial charge on any atom is 0.159 e. The van der Waals surface area contributed by atoms with Gasteiger partial charge in [-0.15, -0.1) is 0 Å². The summed E-state index contributed by atoms with van der Waals surface area (Å²) >= 11 is 0. The van der Waals surface area contributed by atoms with Crippen molar-refractivity contribution >= 4 is 5.82 Å². The van der Waals surface area contributed by atoms with Crippen LogP contribution in [0, 0.1) is 11.6 Å². The molecule has 2 aliphatic carbocycles. The van der Waals surface area contributed by atoms with E-state index in [1.54, 1.807) is 12.4 Å². The summed E-state index contributed by atoms with van der Waals surface area (Å²) in [6.45, 7) is 0. The van der Waals surface area contributed by atoms with Crippen molar-refractivity contribution < 1.29 is 8.78 Å². The van der Waals surface area contributed by atoms with Crippen LogP contribution in [0.5, 0.6) is 0 Å². The van der Waals surface area contributed by atoms with Gasteiger partial charge in [-0.25, -0.2) is 18.7 Å². The van der Waals surface area contributed by atoms with E-state index < -0.39 is 11.6 Å². The molecule has 0 bridgehead atoms. The van der Waals surface area contributed by atoms with Crippen molar-refractivity contribution in [1.29, 1.82) is 0 Å². The van der Waals surface area contributed by atoms with E-state index in [-0.39, 0.29) is 12.0 Å². The summed E-state index contributed by atoms with van der Waals surface area (Å²) in [6, 6.07) is 6.36. The molecular weight excluding hydrogens is 272 g/mol. The lowest BCUT2D eigenvalue weighted by molar-refractivity contribution is 0.507. The molecule has 2 fully saturated rings. The number of rotatable bonds is 4. The number of hydrogen-bond donors (Lipinski definition) is 1. The molecule has 21 heavy (non-hydrogen) atoms. The molecular formula is C16H15F2N3. The summed E-state index contributed by atoms with van der Waals surface area (Å²) in [4.78, 5) is 8.52. The first-order chi connectivity index (χ1) is 10.2. The van der Waals surface area contributed by atoms with Gasteiger partial charge in [0.1, 0.15) is 12.1 Å². The molecule has 0 amide bonds. The van der Waals surface area contributed by atoms with Crippen LogP contribution in [0.4, 0.5) is 14.6 Å². The van der Waals surface area contributed by atoms with Crippen LogP contribution < -0.4 is 5.32 Å². The lowest BCUT2D eigenvalue weighted by Gasteiger charge is -2.06. The molecule has 4 rings (SSSR count). The van der Waals surface area contributed by atoms with E-state index in [9.17, 15) is 8.78 Å². The van der Waals surface area contributed by atoms with Gasteiger partial charge in [0, 0.05) is 29.6 Å². The second-order valence-corrected chi connectivity index (χ2v) is 5.87. The maximum atomic E-state index is 13.3. The highest BCUT2D eigenvalue weighted by molar-refractivity contribution is 5.43. The van der Waals surface area contributed by atoms with E-state index in [0.29, 0.717) is 5.92 Å². The predicted molar refractivity (Wildman–Crippen MR) is 75.1 cm³/mol. The van der Waals surface area contributed by atoms with E-state index >= 15 is 0 Å². The molecule has 2 aliphatic rings. The van der Waals surface area contributed by atoms with Crippen molar-refractivity contribution in [3.05, 3.63) is 53.5 Å². The highest BCUT2D eigenvalue weighted by atomic mass is 19.2. The smallest absolute Gasteiger partial charge is 0.159 e. The van der Waals surface area contributed by atoms with Crippen LogP contribution in [0.15, 0.2) is 30.6 Å². The summed E-state index contributed by atoms with van der Waals surface area (Å²) in [6.07, 6.45) is 4.91. The van der Waals surface area contributed by atoms with Gasteiger partial charge in [0.15, 0.2) is 11.6 Å². The van der Waals surface area contributed by atoms with Gasteiger partial charge in [-0.1, -0.05) is 6.07 Å². The van der Waals surface area contributed by atoms with Crippen LogP contribution in [0.3, 0.4) is 0 Å². The Morgan fingerprint density at radius 1 is 1.05 bits per heavy atom. The molecule has 1 heterocycles. The summed E-state index contributed by atoms with van der Waals surface area (Å²) in [5.74, 6) is 0.0566. The molecule has 2 saturated carbocycles. The monoisotopic (exact) mass is 287 g/mol. The van der Waals surface area contributed by atoms with Crippen molar-refractivity contribution in [3.63, 3.8) is 0 Å². The Kier molecular flexibility index (Phi) is 2.87. The Bertz CT molecular complexity index is 685. The lowest BCUT2D eigenvalue weighted by atomic mass is 10.1. The van der Waals surface area contributed by atoms with Gasteiger partial charge >= 0.3 is 0 Å². The van der Waals surface area contributed by atoms with Crippen LogP contribution in [0.2, 0.25) is 0 Å². The third kappa shape index (κ3) is 2.60. The van der Waals surface area contributed by atoms with E-state index in [4.69, 9.17) is 0 Å². The van der Waals surface area contributed by atoms with Crippen LogP contribution in [-0.2, 0) is 0 Å². The minimum atomic E-state index is -0.797. The molecule has 3 nitrogen and oxygen atoms in total. The Labute approximate surface area is 121 Å². The molecule has 1 aromatic heterocycles. The van der Waals surface area contributed by atoms with Crippen molar-refractivity contribution in [2.45, 2.75) is 37.1 Å². The van der Waals surface area contributed by atoms with E-state index in [2.05, 4.69) is 15.3 Å². The highest BCUT2D eigenvalue weighted by Crippen LogP contribution is 2.43. The molecule has 1 aromatic carbocycles. The number of hydrogen-bond acceptors (Lipinski definition) is 3. The topological polar surface area (TPSA) is 37.8 Å².